The number of benzene rings is 1. The van der Waals surface area contributed by atoms with Crippen molar-refractivity contribution in [1.29, 1.82) is 0 Å². The average Bonchev–Trinajstić information content (AvgIpc) is 2.14. The molecule has 0 saturated carbocycles. The lowest BCUT2D eigenvalue weighted by Gasteiger charge is -1.98. The highest BCUT2D eigenvalue weighted by Gasteiger charge is 1.99. The van der Waals surface area contributed by atoms with Gasteiger partial charge in [0.25, 0.3) is 0 Å². The summed E-state index contributed by atoms with van der Waals surface area (Å²) in [5, 5.41) is 9.41. The van der Waals surface area contributed by atoms with E-state index in [2.05, 4.69) is 15.9 Å². The van der Waals surface area contributed by atoms with Crippen molar-refractivity contribution in [3.05, 3.63) is 41.5 Å². The third kappa shape index (κ3) is 3.75. The number of alkyl halides is 1. The van der Waals surface area contributed by atoms with Crippen LogP contribution in [-0.2, 0) is 11.2 Å². The third-order valence-corrected chi connectivity index (χ3v) is 2.08. The second-order valence-corrected chi connectivity index (χ2v) is 3.52. The minimum Gasteiger partial charge on any atom is -0.481 e. The molecule has 1 rings (SSSR count). The summed E-state index contributed by atoms with van der Waals surface area (Å²) in [5.74, 6) is -0.799. The van der Waals surface area contributed by atoms with Crippen LogP contribution in [-0.4, -0.2) is 16.4 Å². The molecule has 1 aromatic carbocycles. The van der Waals surface area contributed by atoms with Gasteiger partial charge >= 0.3 is 5.97 Å². The van der Waals surface area contributed by atoms with E-state index < -0.39 is 5.97 Å². The SMILES string of the molecule is O=C(O)Cc1cccc(C=CCBr)c1. The number of carboxylic acids is 1. The van der Waals surface area contributed by atoms with Crippen LogP contribution >= 0.6 is 15.9 Å². The van der Waals surface area contributed by atoms with Gasteiger partial charge in [0.15, 0.2) is 0 Å². The number of allylic oxidation sites excluding steroid dienone is 1. The second-order valence-electron chi connectivity index (χ2n) is 2.87. The Kier molecular flexibility index (Phi) is 4.40. The topological polar surface area (TPSA) is 37.3 Å². The van der Waals surface area contributed by atoms with Crippen molar-refractivity contribution in [3.63, 3.8) is 0 Å². The van der Waals surface area contributed by atoms with Crippen LogP contribution in [0.5, 0.6) is 0 Å². The van der Waals surface area contributed by atoms with E-state index in [9.17, 15) is 4.79 Å². The highest BCUT2D eigenvalue weighted by Crippen LogP contribution is 2.08. The summed E-state index contributed by atoms with van der Waals surface area (Å²) in [6, 6.07) is 7.52. The predicted molar refractivity (Wildman–Crippen MR) is 60.6 cm³/mol. The van der Waals surface area contributed by atoms with Crippen molar-refractivity contribution in [1.82, 2.24) is 0 Å². The standard InChI is InChI=1S/C11H11BrO2/c12-6-2-5-9-3-1-4-10(7-9)8-11(13)14/h1-5,7H,6,8H2,(H,13,14). The zero-order valence-electron chi connectivity index (χ0n) is 7.61. The molecule has 0 fully saturated rings. The van der Waals surface area contributed by atoms with E-state index in [1.807, 2.05) is 36.4 Å². The molecule has 0 spiro atoms. The lowest BCUT2D eigenvalue weighted by molar-refractivity contribution is -0.136. The first kappa shape index (κ1) is 11.0. The normalized spacial score (nSPS) is 10.6. The molecule has 0 aromatic heterocycles. The number of aliphatic carboxylic acids is 1. The number of hydrogen-bond acceptors (Lipinski definition) is 1. The predicted octanol–water partition coefficient (Wildman–Crippen LogP) is 2.72. The summed E-state index contributed by atoms with van der Waals surface area (Å²) < 4.78 is 0. The molecule has 0 saturated heterocycles. The molecule has 0 bridgehead atoms. The molecular formula is C11H11BrO2. The van der Waals surface area contributed by atoms with Gasteiger partial charge in [-0.1, -0.05) is 52.3 Å². The van der Waals surface area contributed by atoms with Crippen LogP contribution in [0.25, 0.3) is 6.08 Å². The summed E-state index contributed by atoms with van der Waals surface area (Å²) in [5.41, 5.74) is 1.86. The van der Waals surface area contributed by atoms with Gasteiger partial charge in [0.2, 0.25) is 0 Å². The van der Waals surface area contributed by atoms with Gasteiger partial charge in [0.05, 0.1) is 6.42 Å². The number of halogens is 1. The van der Waals surface area contributed by atoms with Crippen LogP contribution in [0, 0.1) is 0 Å². The summed E-state index contributed by atoms with van der Waals surface area (Å²) in [7, 11) is 0. The fourth-order valence-corrected chi connectivity index (χ4v) is 1.35. The van der Waals surface area contributed by atoms with Gasteiger partial charge < -0.3 is 5.11 Å². The van der Waals surface area contributed by atoms with Crippen molar-refractivity contribution in [3.8, 4) is 0 Å². The molecule has 0 aliphatic rings. The molecule has 74 valence electrons. The Labute approximate surface area is 91.4 Å². The van der Waals surface area contributed by atoms with Gasteiger partial charge in [-0.15, -0.1) is 0 Å². The first-order valence-corrected chi connectivity index (χ1v) is 5.38. The molecule has 0 unspecified atom stereocenters. The number of carbonyl (C=O) groups is 1. The van der Waals surface area contributed by atoms with Crippen molar-refractivity contribution >= 4 is 28.0 Å². The minimum atomic E-state index is -0.799. The van der Waals surface area contributed by atoms with Crippen LogP contribution in [0.1, 0.15) is 11.1 Å². The smallest absolute Gasteiger partial charge is 0.307 e. The van der Waals surface area contributed by atoms with Crippen LogP contribution < -0.4 is 0 Å². The lowest BCUT2D eigenvalue weighted by atomic mass is 10.1. The summed E-state index contributed by atoms with van der Waals surface area (Å²) in [6.07, 6.45) is 4.01. The van der Waals surface area contributed by atoms with E-state index in [0.29, 0.717) is 0 Å². The zero-order valence-corrected chi connectivity index (χ0v) is 9.20. The molecule has 3 heteroatoms. The average molecular weight is 255 g/mol. The Morgan fingerprint density at radius 2 is 2.29 bits per heavy atom. The molecule has 0 atom stereocenters. The summed E-state index contributed by atoms with van der Waals surface area (Å²) in [4.78, 5) is 10.5. The second kappa shape index (κ2) is 5.60. The molecule has 0 amide bonds. The zero-order chi connectivity index (χ0) is 10.4. The first-order valence-electron chi connectivity index (χ1n) is 4.25. The molecule has 0 heterocycles. The van der Waals surface area contributed by atoms with Gasteiger partial charge in [0.1, 0.15) is 0 Å². The summed E-state index contributed by atoms with van der Waals surface area (Å²) >= 11 is 3.28. The Morgan fingerprint density at radius 3 is 2.93 bits per heavy atom. The number of hydrogen-bond donors (Lipinski definition) is 1. The number of rotatable bonds is 4. The Bertz CT molecular complexity index is 345. The molecule has 1 aromatic rings. The molecule has 0 aliphatic heterocycles. The van der Waals surface area contributed by atoms with Crippen LogP contribution in [0.2, 0.25) is 0 Å². The van der Waals surface area contributed by atoms with Crippen LogP contribution in [0.3, 0.4) is 0 Å². The van der Waals surface area contributed by atoms with Crippen molar-refractivity contribution in [2.24, 2.45) is 0 Å². The van der Waals surface area contributed by atoms with E-state index in [-0.39, 0.29) is 6.42 Å². The monoisotopic (exact) mass is 254 g/mol. The van der Waals surface area contributed by atoms with E-state index in [1.165, 1.54) is 0 Å². The molecule has 0 aliphatic carbocycles. The molecule has 0 radical (unpaired) electrons. The maximum Gasteiger partial charge on any atom is 0.307 e. The Hall–Kier alpha value is -1.09. The maximum absolute atomic E-state index is 10.5. The Balaban J connectivity index is 2.78. The van der Waals surface area contributed by atoms with Crippen molar-refractivity contribution in [2.45, 2.75) is 6.42 Å². The van der Waals surface area contributed by atoms with Crippen molar-refractivity contribution in [2.75, 3.05) is 5.33 Å². The Morgan fingerprint density at radius 1 is 1.50 bits per heavy atom. The van der Waals surface area contributed by atoms with E-state index in [1.54, 1.807) is 0 Å². The summed E-state index contributed by atoms with van der Waals surface area (Å²) in [6.45, 7) is 0. The number of carboxylic acid groups (broad SMARTS) is 1. The van der Waals surface area contributed by atoms with E-state index >= 15 is 0 Å². The maximum atomic E-state index is 10.5. The fraction of sp³-hybridized carbons (Fsp3) is 0.182. The molecule has 2 nitrogen and oxygen atoms in total. The highest BCUT2D eigenvalue weighted by atomic mass is 79.9. The fourth-order valence-electron chi connectivity index (χ4n) is 1.16. The van der Waals surface area contributed by atoms with Gasteiger partial charge in [-0.3, -0.25) is 4.79 Å². The van der Waals surface area contributed by atoms with Gasteiger partial charge in [-0.2, -0.15) is 0 Å². The largest absolute Gasteiger partial charge is 0.481 e. The quantitative estimate of drug-likeness (QED) is 0.840. The van der Waals surface area contributed by atoms with Gasteiger partial charge in [0, 0.05) is 5.33 Å². The van der Waals surface area contributed by atoms with Gasteiger partial charge in [-0.05, 0) is 11.1 Å². The lowest BCUT2D eigenvalue weighted by Crippen LogP contribution is -1.99. The van der Waals surface area contributed by atoms with E-state index in [4.69, 9.17) is 5.11 Å². The molecule has 14 heavy (non-hydrogen) atoms. The minimum absolute atomic E-state index is 0.0794. The third-order valence-electron chi connectivity index (χ3n) is 1.71. The van der Waals surface area contributed by atoms with Crippen molar-refractivity contribution < 1.29 is 9.90 Å². The first-order chi connectivity index (χ1) is 6.72. The molecular weight excluding hydrogens is 244 g/mol. The van der Waals surface area contributed by atoms with Crippen LogP contribution in [0.15, 0.2) is 30.3 Å². The van der Waals surface area contributed by atoms with E-state index in [0.717, 1.165) is 16.5 Å². The van der Waals surface area contributed by atoms with Gasteiger partial charge in [-0.25, -0.2) is 0 Å². The van der Waals surface area contributed by atoms with Crippen LogP contribution in [0.4, 0.5) is 0 Å². The molecule has 1 N–H and O–H groups in total. The highest BCUT2D eigenvalue weighted by molar-refractivity contribution is 9.09.